The fourth-order valence-electron chi connectivity index (χ4n) is 3.03. The molecular weight excluding hydrogens is 366 g/mol. The Balaban J connectivity index is 2.00. The number of allylic oxidation sites excluding steroid dienone is 1. The largest absolute Gasteiger partial charge is 0.256 e. The molecule has 3 aromatic rings. The average Bonchev–Trinajstić information content (AvgIpc) is 2.71. The molecule has 0 saturated heterocycles. The fourth-order valence-corrected chi connectivity index (χ4v) is 3.03. The van der Waals surface area contributed by atoms with E-state index in [0.29, 0.717) is 6.42 Å². The van der Waals surface area contributed by atoms with Crippen LogP contribution in [-0.2, 0) is 12.8 Å². The van der Waals surface area contributed by atoms with Gasteiger partial charge in [0.25, 0.3) is 0 Å². The zero-order valence-electron chi connectivity index (χ0n) is 15.4. The van der Waals surface area contributed by atoms with E-state index in [4.69, 9.17) is 0 Å². The first-order chi connectivity index (χ1) is 13.5. The highest BCUT2D eigenvalue weighted by molar-refractivity contribution is 5.71. The summed E-state index contributed by atoms with van der Waals surface area (Å²) in [5.41, 5.74) is 0.711. The molecular formula is C23H19F4N. The minimum absolute atomic E-state index is 0.0393. The van der Waals surface area contributed by atoms with Gasteiger partial charge in [0, 0.05) is 22.9 Å². The van der Waals surface area contributed by atoms with E-state index >= 15 is 0 Å². The highest BCUT2D eigenvalue weighted by Crippen LogP contribution is 2.33. The van der Waals surface area contributed by atoms with Gasteiger partial charge in [0.15, 0.2) is 23.3 Å². The molecule has 0 aliphatic heterocycles. The van der Waals surface area contributed by atoms with E-state index < -0.39 is 23.3 Å². The summed E-state index contributed by atoms with van der Waals surface area (Å²) in [5, 5.41) is 0. The molecule has 1 nitrogen and oxygen atoms in total. The Morgan fingerprint density at radius 3 is 2.04 bits per heavy atom. The molecule has 0 aliphatic rings. The first kappa shape index (κ1) is 19.8. The van der Waals surface area contributed by atoms with Crippen molar-refractivity contribution in [1.29, 1.82) is 0 Å². The van der Waals surface area contributed by atoms with E-state index in [1.807, 2.05) is 0 Å². The lowest BCUT2D eigenvalue weighted by atomic mass is 9.98. The lowest BCUT2D eigenvalue weighted by Gasteiger charge is -2.11. The van der Waals surface area contributed by atoms with Crippen LogP contribution in [0.15, 0.2) is 55.3 Å². The summed E-state index contributed by atoms with van der Waals surface area (Å²) in [6, 6.07) is 8.60. The van der Waals surface area contributed by atoms with Crippen LogP contribution >= 0.6 is 0 Å². The topological polar surface area (TPSA) is 12.9 Å². The summed E-state index contributed by atoms with van der Waals surface area (Å²) in [4.78, 5) is 4.19. The van der Waals surface area contributed by atoms with Crippen LogP contribution in [0.25, 0.3) is 22.4 Å². The summed E-state index contributed by atoms with van der Waals surface area (Å²) >= 11 is 0. The lowest BCUT2D eigenvalue weighted by Crippen LogP contribution is -2.00. The van der Waals surface area contributed by atoms with Crippen LogP contribution in [0.2, 0.25) is 0 Å². The molecule has 0 saturated carbocycles. The summed E-state index contributed by atoms with van der Waals surface area (Å²) in [5.74, 6) is -4.61. The number of aryl methyl sites for hydroxylation is 2. The smallest absolute Gasteiger partial charge is 0.168 e. The molecule has 0 N–H and O–H groups in total. The second-order valence-electron chi connectivity index (χ2n) is 6.42. The van der Waals surface area contributed by atoms with Crippen molar-refractivity contribution in [3.8, 4) is 22.4 Å². The quantitative estimate of drug-likeness (QED) is 0.342. The van der Waals surface area contributed by atoms with Crippen molar-refractivity contribution in [1.82, 2.24) is 4.98 Å². The molecule has 3 rings (SSSR count). The Bertz CT molecular complexity index is 1010. The van der Waals surface area contributed by atoms with Gasteiger partial charge in [-0.25, -0.2) is 17.6 Å². The molecule has 0 unspecified atom stereocenters. The molecule has 0 atom stereocenters. The highest BCUT2D eigenvalue weighted by Gasteiger charge is 2.21. The number of nitrogens with zero attached hydrogens (tertiary/aromatic N) is 1. The van der Waals surface area contributed by atoms with Gasteiger partial charge >= 0.3 is 0 Å². The van der Waals surface area contributed by atoms with Gasteiger partial charge in [-0.15, -0.1) is 6.58 Å². The van der Waals surface area contributed by atoms with E-state index in [-0.39, 0.29) is 27.9 Å². The van der Waals surface area contributed by atoms with E-state index in [0.717, 1.165) is 18.4 Å². The van der Waals surface area contributed by atoms with Crippen LogP contribution in [-0.4, -0.2) is 4.98 Å². The molecule has 144 valence electrons. The number of pyridine rings is 1. The molecule has 2 aromatic carbocycles. The zero-order chi connectivity index (χ0) is 20.3. The van der Waals surface area contributed by atoms with Gasteiger partial charge in [0.2, 0.25) is 0 Å². The summed E-state index contributed by atoms with van der Waals surface area (Å²) in [6.45, 7) is 5.34. The highest BCUT2D eigenvalue weighted by atomic mass is 19.2. The first-order valence-corrected chi connectivity index (χ1v) is 8.99. The Morgan fingerprint density at radius 1 is 0.821 bits per heavy atom. The van der Waals surface area contributed by atoms with E-state index in [1.165, 1.54) is 24.3 Å². The zero-order valence-corrected chi connectivity index (χ0v) is 15.4. The molecule has 0 bridgehead atoms. The molecule has 5 heteroatoms. The lowest BCUT2D eigenvalue weighted by molar-refractivity contribution is 0.496. The van der Waals surface area contributed by atoms with Crippen molar-refractivity contribution in [3.63, 3.8) is 0 Å². The Hall–Kier alpha value is -2.95. The maximum atomic E-state index is 14.7. The first-order valence-electron chi connectivity index (χ1n) is 8.99. The molecule has 0 aliphatic carbocycles. The third kappa shape index (κ3) is 3.70. The molecule has 0 amide bonds. The third-order valence-corrected chi connectivity index (χ3v) is 4.65. The van der Waals surface area contributed by atoms with Crippen LogP contribution in [0.3, 0.4) is 0 Å². The minimum atomic E-state index is -1.24. The van der Waals surface area contributed by atoms with Crippen LogP contribution in [0.5, 0.6) is 0 Å². The summed E-state index contributed by atoms with van der Waals surface area (Å²) < 4.78 is 57.7. The third-order valence-electron chi connectivity index (χ3n) is 4.65. The number of hydrogen-bond donors (Lipinski definition) is 0. The maximum Gasteiger partial charge on any atom is 0.168 e. The van der Waals surface area contributed by atoms with Crippen molar-refractivity contribution in [3.05, 3.63) is 89.6 Å². The average molecular weight is 385 g/mol. The van der Waals surface area contributed by atoms with Crippen molar-refractivity contribution in [2.45, 2.75) is 26.2 Å². The molecule has 0 fully saturated rings. The van der Waals surface area contributed by atoms with Crippen molar-refractivity contribution >= 4 is 0 Å². The fraction of sp³-hybridized carbons (Fsp3) is 0.174. The van der Waals surface area contributed by atoms with E-state index in [9.17, 15) is 17.6 Å². The van der Waals surface area contributed by atoms with Crippen molar-refractivity contribution in [2.24, 2.45) is 0 Å². The number of benzene rings is 2. The van der Waals surface area contributed by atoms with Gasteiger partial charge in [-0.2, -0.15) is 0 Å². The van der Waals surface area contributed by atoms with Gasteiger partial charge in [0.05, 0.1) is 5.69 Å². The molecule has 0 radical (unpaired) electrons. The number of aromatic nitrogens is 1. The monoisotopic (exact) mass is 385 g/mol. The maximum absolute atomic E-state index is 14.7. The molecule has 28 heavy (non-hydrogen) atoms. The Morgan fingerprint density at radius 2 is 1.43 bits per heavy atom. The predicted molar refractivity (Wildman–Crippen MR) is 103 cm³/mol. The summed E-state index contributed by atoms with van der Waals surface area (Å²) in [7, 11) is 0. The van der Waals surface area contributed by atoms with Gasteiger partial charge in [-0.3, -0.25) is 4.98 Å². The van der Waals surface area contributed by atoms with Gasteiger partial charge < -0.3 is 0 Å². The van der Waals surface area contributed by atoms with Crippen LogP contribution in [0, 0.1) is 23.3 Å². The minimum Gasteiger partial charge on any atom is -0.256 e. The Kier molecular flexibility index (Phi) is 5.93. The van der Waals surface area contributed by atoms with E-state index in [2.05, 4.69) is 11.6 Å². The summed E-state index contributed by atoms with van der Waals surface area (Å²) in [6.07, 6.45) is 5.23. The molecule has 1 heterocycles. The second kappa shape index (κ2) is 8.38. The molecule has 1 aromatic heterocycles. The van der Waals surface area contributed by atoms with Crippen LogP contribution in [0.4, 0.5) is 17.6 Å². The van der Waals surface area contributed by atoms with E-state index in [1.54, 1.807) is 31.3 Å². The SMILES string of the molecule is C=CCCc1ccc(-c2ccc(-c3ccc(CC)c(F)c3F)c(F)c2F)nc1. The number of rotatable bonds is 6. The standard InChI is InChI=1S/C23H19F4N/c1-3-5-6-14-7-12-19(28-13-14)18-11-10-17(22(26)23(18)27)16-9-8-15(4-2)20(24)21(16)25/h3,7-13H,1,4-6H2,2H3. The van der Waals surface area contributed by atoms with Crippen LogP contribution in [0.1, 0.15) is 24.5 Å². The molecule has 0 spiro atoms. The van der Waals surface area contributed by atoms with Crippen LogP contribution < -0.4 is 0 Å². The van der Waals surface area contributed by atoms with Gasteiger partial charge in [-0.05, 0) is 42.5 Å². The predicted octanol–water partition coefficient (Wildman–Crippen LogP) is 6.65. The van der Waals surface area contributed by atoms with Crippen molar-refractivity contribution in [2.75, 3.05) is 0 Å². The number of hydrogen-bond acceptors (Lipinski definition) is 1. The second-order valence-corrected chi connectivity index (χ2v) is 6.42. The van der Waals surface area contributed by atoms with Crippen molar-refractivity contribution < 1.29 is 17.6 Å². The van der Waals surface area contributed by atoms with Gasteiger partial charge in [-0.1, -0.05) is 37.3 Å². The number of halogens is 4. The Labute approximate surface area is 161 Å². The van der Waals surface area contributed by atoms with Gasteiger partial charge in [0.1, 0.15) is 0 Å². The normalized spacial score (nSPS) is 10.9.